The highest BCUT2D eigenvalue weighted by molar-refractivity contribution is 8.15. The Hall–Kier alpha value is -2.92. The molecule has 1 atom stereocenters. The maximum atomic E-state index is 13.0. The lowest BCUT2D eigenvalue weighted by Gasteiger charge is -2.15. The average Bonchev–Trinajstić information content (AvgIpc) is 3.08. The number of hydrogen-bond acceptors (Lipinski definition) is 4. The molecule has 3 aromatic carbocycles. The van der Waals surface area contributed by atoms with Gasteiger partial charge in [-0.05, 0) is 22.8 Å². The summed E-state index contributed by atoms with van der Waals surface area (Å²) in [7, 11) is 0. The Morgan fingerprint density at radius 3 is 2.60 bits per heavy atom. The van der Waals surface area contributed by atoms with Gasteiger partial charge < -0.3 is 0 Å². The van der Waals surface area contributed by atoms with Crippen LogP contribution in [-0.2, 0) is 11.3 Å². The van der Waals surface area contributed by atoms with Crippen LogP contribution < -0.4 is 0 Å². The summed E-state index contributed by atoms with van der Waals surface area (Å²) in [6.45, 7) is 2.67. The molecule has 0 N–H and O–H groups in total. The zero-order valence-corrected chi connectivity index (χ0v) is 17.9. The van der Waals surface area contributed by atoms with E-state index in [9.17, 15) is 4.79 Å². The van der Waals surface area contributed by atoms with Gasteiger partial charge in [-0.15, -0.1) is 5.10 Å². The summed E-state index contributed by atoms with van der Waals surface area (Å²) in [5.74, 6) is 0.136. The fraction of sp³-hybridized carbons (Fsp3) is 0.240. The molecule has 1 amide bonds. The van der Waals surface area contributed by atoms with Crippen LogP contribution in [0.5, 0.6) is 0 Å². The first-order chi connectivity index (χ1) is 14.8. The van der Waals surface area contributed by atoms with Crippen molar-refractivity contribution in [1.29, 1.82) is 0 Å². The maximum Gasteiger partial charge on any atom is 0.242 e. The number of rotatable bonds is 7. The Bertz CT molecular complexity index is 1070. The van der Waals surface area contributed by atoms with Crippen LogP contribution in [0.15, 0.2) is 83.0 Å². The van der Waals surface area contributed by atoms with Crippen LogP contribution in [0.4, 0.5) is 0 Å². The van der Waals surface area contributed by atoms with E-state index in [-0.39, 0.29) is 11.2 Å². The van der Waals surface area contributed by atoms with Crippen molar-refractivity contribution in [2.24, 2.45) is 10.2 Å². The molecule has 5 heteroatoms. The van der Waals surface area contributed by atoms with Gasteiger partial charge in [0.1, 0.15) is 0 Å². The number of carbonyl (C=O) groups is 1. The number of amides is 1. The first-order valence-corrected chi connectivity index (χ1v) is 11.2. The number of benzene rings is 3. The number of carbonyl (C=O) groups excluding carboxylic acids is 1. The lowest BCUT2D eigenvalue weighted by Crippen LogP contribution is -2.31. The van der Waals surface area contributed by atoms with Gasteiger partial charge in [0, 0.05) is 5.56 Å². The molecule has 0 saturated carbocycles. The minimum atomic E-state index is -0.0693. The molecule has 0 bridgehead atoms. The Labute approximate surface area is 181 Å². The van der Waals surface area contributed by atoms with Crippen molar-refractivity contribution >= 4 is 39.8 Å². The molecule has 0 aromatic heterocycles. The molecule has 1 aliphatic heterocycles. The van der Waals surface area contributed by atoms with Gasteiger partial charge in [-0.25, -0.2) is 0 Å². The van der Waals surface area contributed by atoms with Crippen LogP contribution in [0.25, 0.3) is 10.8 Å². The summed E-state index contributed by atoms with van der Waals surface area (Å²) in [5.41, 5.74) is 2.11. The molecule has 1 saturated heterocycles. The summed E-state index contributed by atoms with van der Waals surface area (Å²) < 4.78 is 0. The van der Waals surface area contributed by atoms with Gasteiger partial charge in [0.05, 0.1) is 18.0 Å². The number of nitrogens with zero attached hydrogens (tertiary/aromatic N) is 3. The smallest absolute Gasteiger partial charge is 0.242 e. The highest BCUT2D eigenvalue weighted by Gasteiger charge is 2.37. The molecule has 152 valence electrons. The number of hydrogen-bond donors (Lipinski definition) is 0. The van der Waals surface area contributed by atoms with Crippen LogP contribution in [0.3, 0.4) is 0 Å². The van der Waals surface area contributed by atoms with Crippen LogP contribution in [0.1, 0.15) is 37.3 Å². The third kappa shape index (κ3) is 4.62. The predicted molar refractivity (Wildman–Crippen MR) is 127 cm³/mol. The molecule has 0 unspecified atom stereocenters. The van der Waals surface area contributed by atoms with Gasteiger partial charge in [-0.3, -0.25) is 9.69 Å². The minimum Gasteiger partial charge on any atom is -0.284 e. The third-order valence-electron chi connectivity index (χ3n) is 5.19. The van der Waals surface area contributed by atoms with Crippen LogP contribution in [-0.4, -0.2) is 27.4 Å². The summed E-state index contributed by atoms with van der Waals surface area (Å²) >= 11 is 1.54. The maximum absolute atomic E-state index is 13.0. The van der Waals surface area contributed by atoms with Crippen LogP contribution in [0.2, 0.25) is 0 Å². The Morgan fingerprint density at radius 2 is 1.77 bits per heavy atom. The van der Waals surface area contributed by atoms with Gasteiger partial charge in [-0.1, -0.05) is 104 Å². The predicted octanol–water partition coefficient (Wildman–Crippen LogP) is 5.86. The monoisotopic (exact) mass is 415 g/mol. The first-order valence-electron chi connectivity index (χ1n) is 10.4. The van der Waals surface area contributed by atoms with Crippen LogP contribution >= 0.6 is 11.8 Å². The molecule has 4 nitrogen and oxygen atoms in total. The first kappa shape index (κ1) is 20.4. The average molecular weight is 416 g/mol. The van der Waals surface area contributed by atoms with E-state index >= 15 is 0 Å². The summed E-state index contributed by atoms with van der Waals surface area (Å²) in [5, 5.41) is 11.8. The molecule has 3 aromatic rings. The highest BCUT2D eigenvalue weighted by atomic mass is 32.2. The zero-order valence-electron chi connectivity index (χ0n) is 17.1. The van der Waals surface area contributed by atoms with Crippen molar-refractivity contribution in [1.82, 2.24) is 4.90 Å². The molecule has 1 aliphatic rings. The number of unbranched alkanes of at least 4 members (excludes halogenated alkanes) is 1. The van der Waals surface area contributed by atoms with Gasteiger partial charge in [0.2, 0.25) is 5.91 Å². The SMILES string of the molecule is CCCC[C@@H]1S/C(=N/N=C\c2cccc3ccccc23)N(Cc2ccccc2)C1=O. The van der Waals surface area contributed by atoms with E-state index in [1.165, 1.54) is 17.1 Å². The molecule has 0 spiro atoms. The largest absolute Gasteiger partial charge is 0.284 e. The van der Waals surface area contributed by atoms with Gasteiger partial charge in [-0.2, -0.15) is 5.10 Å². The van der Waals surface area contributed by atoms with E-state index < -0.39 is 0 Å². The summed E-state index contributed by atoms with van der Waals surface area (Å²) in [6.07, 6.45) is 4.77. The van der Waals surface area contributed by atoms with E-state index in [2.05, 4.69) is 35.3 Å². The second-order valence-electron chi connectivity index (χ2n) is 7.35. The lowest BCUT2D eigenvalue weighted by molar-refractivity contribution is -0.126. The van der Waals surface area contributed by atoms with Crippen molar-refractivity contribution in [2.45, 2.75) is 38.0 Å². The van der Waals surface area contributed by atoms with E-state index in [1.54, 1.807) is 11.1 Å². The van der Waals surface area contributed by atoms with Gasteiger partial charge >= 0.3 is 0 Å². The Morgan fingerprint density at radius 1 is 1.00 bits per heavy atom. The van der Waals surface area contributed by atoms with Crippen molar-refractivity contribution in [3.63, 3.8) is 0 Å². The summed E-state index contributed by atoms with van der Waals surface area (Å²) in [6, 6.07) is 24.4. The van der Waals surface area contributed by atoms with Crippen molar-refractivity contribution in [3.05, 3.63) is 83.9 Å². The molecule has 0 radical (unpaired) electrons. The molecule has 30 heavy (non-hydrogen) atoms. The third-order valence-corrected chi connectivity index (χ3v) is 6.42. The molecule has 1 heterocycles. The van der Waals surface area contributed by atoms with Crippen molar-refractivity contribution in [2.75, 3.05) is 0 Å². The Balaban J connectivity index is 1.59. The van der Waals surface area contributed by atoms with E-state index in [1.807, 2.05) is 54.6 Å². The topological polar surface area (TPSA) is 45.0 Å². The fourth-order valence-electron chi connectivity index (χ4n) is 3.57. The molecule has 4 rings (SSSR count). The molecular formula is C25H25N3OS. The molecular weight excluding hydrogens is 390 g/mol. The number of amidine groups is 1. The van der Waals surface area contributed by atoms with Crippen molar-refractivity contribution < 1.29 is 4.79 Å². The summed E-state index contributed by atoms with van der Waals surface area (Å²) in [4.78, 5) is 14.8. The van der Waals surface area contributed by atoms with E-state index in [4.69, 9.17) is 0 Å². The second kappa shape index (κ2) is 9.72. The number of fused-ring (bicyclic) bond motifs is 1. The van der Waals surface area contributed by atoms with Gasteiger partial charge in [0.25, 0.3) is 0 Å². The Kier molecular flexibility index (Phi) is 6.60. The zero-order chi connectivity index (χ0) is 20.8. The lowest BCUT2D eigenvalue weighted by atomic mass is 10.1. The van der Waals surface area contributed by atoms with E-state index in [0.29, 0.717) is 11.7 Å². The van der Waals surface area contributed by atoms with Gasteiger partial charge in [0.15, 0.2) is 5.17 Å². The standard InChI is InChI=1S/C25H25N3OS/c1-2-3-16-23-24(29)28(18-19-10-5-4-6-11-19)25(30-23)27-26-17-21-14-9-13-20-12-7-8-15-22(20)21/h4-15,17,23H,2-3,16,18H2,1H3/b26-17-,27-25+/t23-/m0/s1. The minimum absolute atomic E-state index is 0.0693. The normalized spacial score (nSPS) is 18.2. The van der Waals surface area contributed by atoms with E-state index in [0.717, 1.165) is 35.8 Å². The van der Waals surface area contributed by atoms with Crippen LogP contribution in [0, 0.1) is 0 Å². The number of thioether (sulfide) groups is 1. The quantitative estimate of drug-likeness (QED) is 0.358. The van der Waals surface area contributed by atoms with Crippen molar-refractivity contribution in [3.8, 4) is 0 Å². The fourth-order valence-corrected chi connectivity index (χ4v) is 4.72. The molecule has 1 fully saturated rings. The molecule has 0 aliphatic carbocycles. The highest BCUT2D eigenvalue weighted by Crippen LogP contribution is 2.32. The second-order valence-corrected chi connectivity index (χ2v) is 8.52.